The summed E-state index contributed by atoms with van der Waals surface area (Å²) in [6.45, 7) is 1.53. The third kappa shape index (κ3) is 5.97. The molecule has 3 N–H and O–H groups in total. The van der Waals surface area contributed by atoms with Gasteiger partial charge in [-0.25, -0.2) is 0 Å². The Labute approximate surface area is 166 Å². The van der Waals surface area contributed by atoms with Crippen LogP contribution in [0.2, 0.25) is 0 Å². The van der Waals surface area contributed by atoms with Gasteiger partial charge in [-0.15, -0.1) is 35.0 Å². The molecule has 0 aliphatic carbocycles. The van der Waals surface area contributed by atoms with Gasteiger partial charge in [-0.3, -0.25) is 4.79 Å². The van der Waals surface area contributed by atoms with E-state index in [0.29, 0.717) is 19.4 Å². The summed E-state index contributed by atoms with van der Waals surface area (Å²) < 4.78 is 2.21. The van der Waals surface area contributed by atoms with Crippen LogP contribution in [-0.2, 0) is 30.6 Å². The number of hydrogen-bond acceptors (Lipinski definition) is 4. The highest BCUT2D eigenvalue weighted by Crippen LogP contribution is 2.14. The highest BCUT2D eigenvalue weighted by molar-refractivity contribution is 5.85. The van der Waals surface area contributed by atoms with E-state index in [4.69, 9.17) is 5.73 Å². The van der Waals surface area contributed by atoms with E-state index >= 15 is 0 Å². The Kier molecular flexibility index (Phi) is 9.62. The van der Waals surface area contributed by atoms with Gasteiger partial charge in [0, 0.05) is 25.9 Å². The van der Waals surface area contributed by atoms with Gasteiger partial charge in [-0.1, -0.05) is 36.8 Å². The van der Waals surface area contributed by atoms with Crippen LogP contribution in [0.3, 0.4) is 0 Å². The number of nitrogens with one attached hydrogen (secondary N) is 1. The predicted molar refractivity (Wildman–Crippen MR) is 107 cm³/mol. The maximum Gasteiger partial charge on any atom is 0.237 e. The molecule has 1 aliphatic rings. The van der Waals surface area contributed by atoms with Crippen LogP contribution in [0.15, 0.2) is 30.3 Å². The highest BCUT2D eigenvalue weighted by Gasteiger charge is 2.16. The number of nitrogens with two attached hydrogens (primary N) is 1. The molecule has 0 bridgehead atoms. The summed E-state index contributed by atoms with van der Waals surface area (Å²) in [6.07, 6.45) is 5.84. The number of halogens is 2. The van der Waals surface area contributed by atoms with Gasteiger partial charge in [0.15, 0.2) is 0 Å². The van der Waals surface area contributed by atoms with Crippen LogP contribution in [-0.4, -0.2) is 33.3 Å². The summed E-state index contributed by atoms with van der Waals surface area (Å²) in [5.74, 6) is 1.92. The lowest BCUT2D eigenvalue weighted by Gasteiger charge is -2.12. The summed E-state index contributed by atoms with van der Waals surface area (Å²) in [5, 5.41) is 11.5. The topological polar surface area (TPSA) is 85.8 Å². The predicted octanol–water partition coefficient (Wildman–Crippen LogP) is 2.08. The number of nitrogens with zero attached hydrogens (tertiary/aromatic N) is 3. The minimum Gasteiger partial charge on any atom is -0.354 e. The van der Waals surface area contributed by atoms with Gasteiger partial charge in [0.25, 0.3) is 0 Å². The molecule has 2 aromatic rings. The summed E-state index contributed by atoms with van der Waals surface area (Å²) >= 11 is 0. The first-order valence-electron chi connectivity index (χ1n) is 8.72. The number of benzene rings is 1. The number of amides is 1. The van der Waals surface area contributed by atoms with E-state index in [2.05, 4.69) is 20.1 Å². The lowest BCUT2D eigenvalue weighted by molar-refractivity contribution is -0.122. The van der Waals surface area contributed by atoms with Crippen molar-refractivity contribution < 1.29 is 4.79 Å². The molecule has 0 fully saturated rings. The number of rotatable bonds is 6. The number of aromatic nitrogens is 3. The molecule has 0 saturated carbocycles. The fourth-order valence-corrected chi connectivity index (χ4v) is 3.12. The fourth-order valence-electron chi connectivity index (χ4n) is 3.12. The standard InChI is InChI=1S/C18H25N5O.2ClH/c19-15(13-14-7-3-1-4-8-14)18(24)20-11-10-17-22-21-16-9-5-2-6-12-23(16)17;;/h1,3-4,7-8,15H,2,5-6,9-13,19H2,(H,20,24);2*1H. The van der Waals surface area contributed by atoms with E-state index in [0.717, 1.165) is 30.2 Å². The van der Waals surface area contributed by atoms with Crippen LogP contribution in [0.1, 0.15) is 36.5 Å². The second-order valence-corrected chi connectivity index (χ2v) is 6.33. The molecular weight excluding hydrogens is 373 g/mol. The van der Waals surface area contributed by atoms with E-state index in [1.165, 1.54) is 19.3 Å². The quantitative estimate of drug-likeness (QED) is 0.778. The molecule has 8 heteroatoms. The Morgan fingerprint density at radius 1 is 1.15 bits per heavy atom. The van der Waals surface area contributed by atoms with Crippen molar-refractivity contribution in [1.82, 2.24) is 20.1 Å². The summed E-state index contributed by atoms with van der Waals surface area (Å²) in [7, 11) is 0. The Hall–Kier alpha value is -1.63. The van der Waals surface area contributed by atoms with Gasteiger partial charge in [-0.05, 0) is 24.8 Å². The first kappa shape index (κ1) is 22.4. The lowest BCUT2D eigenvalue weighted by Crippen LogP contribution is -2.42. The third-order valence-corrected chi connectivity index (χ3v) is 4.47. The monoisotopic (exact) mass is 399 g/mol. The molecule has 0 spiro atoms. The number of carbonyl (C=O) groups is 1. The number of aryl methyl sites for hydroxylation is 1. The van der Waals surface area contributed by atoms with Crippen molar-refractivity contribution in [3.05, 3.63) is 47.5 Å². The Morgan fingerprint density at radius 2 is 1.92 bits per heavy atom. The van der Waals surface area contributed by atoms with Gasteiger partial charge in [0.1, 0.15) is 11.6 Å². The fraction of sp³-hybridized carbons (Fsp3) is 0.500. The van der Waals surface area contributed by atoms with Gasteiger partial charge in [0.05, 0.1) is 6.04 Å². The normalized spacial score (nSPS) is 14.2. The van der Waals surface area contributed by atoms with Gasteiger partial charge < -0.3 is 15.6 Å². The van der Waals surface area contributed by atoms with Gasteiger partial charge in [-0.2, -0.15) is 0 Å². The van der Waals surface area contributed by atoms with E-state index in [1.54, 1.807) is 0 Å². The molecule has 1 amide bonds. The smallest absolute Gasteiger partial charge is 0.237 e. The number of fused-ring (bicyclic) bond motifs is 1. The number of hydrogen-bond donors (Lipinski definition) is 2. The van der Waals surface area contributed by atoms with Crippen LogP contribution in [0.25, 0.3) is 0 Å². The Balaban J connectivity index is 0.00000169. The zero-order valence-corrected chi connectivity index (χ0v) is 16.4. The maximum absolute atomic E-state index is 12.1. The van der Waals surface area contributed by atoms with Crippen molar-refractivity contribution in [2.75, 3.05) is 6.54 Å². The minimum absolute atomic E-state index is 0. The SMILES string of the molecule is Cl.Cl.NC(Cc1ccccc1)C(=O)NCCc1nnc2n1CCCCC2. The molecule has 1 aromatic carbocycles. The molecule has 2 heterocycles. The molecule has 1 aromatic heterocycles. The Bertz CT molecular complexity index is 677. The molecule has 0 saturated heterocycles. The first-order valence-corrected chi connectivity index (χ1v) is 8.72. The summed E-state index contributed by atoms with van der Waals surface area (Å²) in [6, 6.07) is 9.31. The van der Waals surface area contributed by atoms with E-state index in [9.17, 15) is 4.79 Å². The van der Waals surface area contributed by atoms with E-state index in [1.807, 2.05) is 30.3 Å². The van der Waals surface area contributed by atoms with Crippen molar-refractivity contribution in [2.24, 2.45) is 5.73 Å². The van der Waals surface area contributed by atoms with Crippen molar-refractivity contribution >= 4 is 30.7 Å². The van der Waals surface area contributed by atoms with E-state index < -0.39 is 6.04 Å². The van der Waals surface area contributed by atoms with Crippen LogP contribution in [0.5, 0.6) is 0 Å². The molecule has 1 aliphatic heterocycles. The molecule has 6 nitrogen and oxygen atoms in total. The highest BCUT2D eigenvalue weighted by atomic mass is 35.5. The zero-order chi connectivity index (χ0) is 16.8. The third-order valence-electron chi connectivity index (χ3n) is 4.47. The van der Waals surface area contributed by atoms with Crippen molar-refractivity contribution in [1.29, 1.82) is 0 Å². The Morgan fingerprint density at radius 3 is 2.69 bits per heavy atom. The van der Waals surface area contributed by atoms with Crippen LogP contribution >= 0.6 is 24.8 Å². The molecule has 26 heavy (non-hydrogen) atoms. The average molecular weight is 400 g/mol. The van der Waals surface area contributed by atoms with Crippen molar-refractivity contribution in [2.45, 2.75) is 51.1 Å². The summed E-state index contributed by atoms with van der Waals surface area (Å²) in [4.78, 5) is 12.1. The molecule has 144 valence electrons. The zero-order valence-electron chi connectivity index (χ0n) is 14.8. The summed E-state index contributed by atoms with van der Waals surface area (Å²) in [5.41, 5.74) is 7.07. The lowest BCUT2D eigenvalue weighted by atomic mass is 10.1. The molecule has 1 unspecified atom stereocenters. The van der Waals surface area contributed by atoms with Crippen LogP contribution in [0.4, 0.5) is 0 Å². The molecule has 0 radical (unpaired) electrons. The average Bonchev–Trinajstić information content (AvgIpc) is 2.82. The van der Waals surface area contributed by atoms with E-state index in [-0.39, 0.29) is 30.7 Å². The molecule has 3 rings (SSSR count). The van der Waals surface area contributed by atoms with Crippen molar-refractivity contribution in [3.8, 4) is 0 Å². The second-order valence-electron chi connectivity index (χ2n) is 6.33. The number of carbonyl (C=O) groups excluding carboxylic acids is 1. The van der Waals surface area contributed by atoms with Crippen LogP contribution < -0.4 is 11.1 Å². The molecule has 1 atom stereocenters. The second kappa shape index (κ2) is 11.2. The first-order chi connectivity index (χ1) is 11.7. The van der Waals surface area contributed by atoms with Gasteiger partial charge in [0.2, 0.25) is 5.91 Å². The largest absolute Gasteiger partial charge is 0.354 e. The van der Waals surface area contributed by atoms with Gasteiger partial charge >= 0.3 is 0 Å². The molecular formula is C18H27Cl2N5O. The van der Waals surface area contributed by atoms with Crippen molar-refractivity contribution in [3.63, 3.8) is 0 Å². The van der Waals surface area contributed by atoms with Crippen LogP contribution in [0, 0.1) is 0 Å². The maximum atomic E-state index is 12.1. The minimum atomic E-state index is -0.525.